The van der Waals surface area contributed by atoms with Crippen LogP contribution in [0.15, 0.2) is 35.3 Å². The molecular weight excluding hydrogens is 510 g/mol. The van der Waals surface area contributed by atoms with E-state index in [2.05, 4.69) is 15.6 Å². The average Bonchev–Trinajstić information content (AvgIpc) is 3.39. The van der Waals surface area contributed by atoms with Crippen LogP contribution < -0.4 is 27.8 Å². The summed E-state index contributed by atoms with van der Waals surface area (Å²) in [4.78, 5) is 56.5. The lowest BCUT2D eigenvalue weighted by molar-refractivity contribution is -0.149. The second kappa shape index (κ2) is 15.8. The van der Waals surface area contributed by atoms with E-state index in [0.29, 0.717) is 50.9 Å². The smallest absolute Gasteiger partial charge is 0.326 e. The van der Waals surface area contributed by atoms with E-state index in [4.69, 9.17) is 17.2 Å². The maximum atomic E-state index is 13.5. The van der Waals surface area contributed by atoms with Crippen molar-refractivity contribution in [3.05, 3.63) is 35.9 Å². The number of nitrogens with zero attached hydrogens (tertiary/aromatic N) is 2. The van der Waals surface area contributed by atoms with Crippen LogP contribution in [0, 0.1) is 0 Å². The first kappa shape index (κ1) is 30.9. The highest BCUT2D eigenvalue weighted by Gasteiger charge is 2.38. The third kappa shape index (κ3) is 9.86. The number of hydrogen-bond donors (Lipinski definition) is 6. The molecule has 210 valence electrons. The van der Waals surface area contributed by atoms with Gasteiger partial charge in [0, 0.05) is 19.5 Å². The molecule has 0 aliphatic carbocycles. The number of hydrogen-bond acceptors (Lipinski definition) is 7. The Morgan fingerprint density at radius 2 is 1.79 bits per heavy atom. The summed E-state index contributed by atoms with van der Waals surface area (Å²) in [6, 6.07) is 5.45. The maximum Gasteiger partial charge on any atom is 0.326 e. The van der Waals surface area contributed by atoms with E-state index in [1.807, 2.05) is 36.6 Å². The molecule has 1 aliphatic rings. The molecule has 0 bridgehead atoms. The molecule has 3 amide bonds. The number of guanidine groups is 1. The van der Waals surface area contributed by atoms with Gasteiger partial charge in [0.15, 0.2) is 5.96 Å². The van der Waals surface area contributed by atoms with Crippen LogP contribution in [0.2, 0.25) is 0 Å². The van der Waals surface area contributed by atoms with Crippen LogP contribution in [0.3, 0.4) is 0 Å². The van der Waals surface area contributed by atoms with Gasteiger partial charge in [0.25, 0.3) is 0 Å². The molecule has 4 unspecified atom stereocenters. The molecule has 0 spiro atoms. The molecular formula is C25H39N7O5S. The highest BCUT2D eigenvalue weighted by atomic mass is 32.2. The summed E-state index contributed by atoms with van der Waals surface area (Å²) in [7, 11) is 0. The van der Waals surface area contributed by atoms with E-state index in [-0.39, 0.29) is 12.4 Å². The Bertz CT molecular complexity index is 974. The summed E-state index contributed by atoms with van der Waals surface area (Å²) in [5, 5.41) is 15.1. The fourth-order valence-electron chi connectivity index (χ4n) is 4.24. The molecule has 1 saturated heterocycles. The van der Waals surface area contributed by atoms with E-state index < -0.39 is 47.9 Å². The van der Waals surface area contributed by atoms with Crippen molar-refractivity contribution in [2.24, 2.45) is 22.2 Å². The molecule has 12 nitrogen and oxygen atoms in total. The van der Waals surface area contributed by atoms with Crippen LogP contribution in [0.5, 0.6) is 0 Å². The van der Waals surface area contributed by atoms with Gasteiger partial charge in [0.05, 0.1) is 6.04 Å². The van der Waals surface area contributed by atoms with Crippen molar-refractivity contribution in [3.63, 3.8) is 0 Å². The minimum Gasteiger partial charge on any atom is -0.480 e. The van der Waals surface area contributed by atoms with Gasteiger partial charge < -0.3 is 37.8 Å². The van der Waals surface area contributed by atoms with Gasteiger partial charge in [0.1, 0.15) is 18.1 Å². The summed E-state index contributed by atoms with van der Waals surface area (Å²) < 4.78 is 0. The summed E-state index contributed by atoms with van der Waals surface area (Å²) in [6.45, 7) is 0.634. The lowest BCUT2D eigenvalue weighted by atomic mass is 10.0. The summed E-state index contributed by atoms with van der Waals surface area (Å²) in [5.41, 5.74) is 17.4. The Hall–Kier alpha value is -3.32. The number of carbonyl (C=O) groups is 4. The standard InChI is InChI=1S/C25H39N7O5S/c1-38-14-11-18(30-21(33)17(26)9-5-12-29-25(27)28)22(34)31-19(15-16-7-3-2-4-8-16)23(35)32-13-6-10-20(32)24(36)37/h2-4,7-8,17-20H,5-6,9-15,26H2,1H3,(H,30,33)(H,31,34)(H,36,37)(H4,27,28,29). The van der Waals surface area contributed by atoms with Gasteiger partial charge in [-0.2, -0.15) is 11.8 Å². The number of carboxylic acids is 1. The van der Waals surface area contributed by atoms with Crippen molar-refractivity contribution in [1.82, 2.24) is 15.5 Å². The first-order chi connectivity index (χ1) is 18.1. The van der Waals surface area contributed by atoms with E-state index in [0.717, 1.165) is 5.56 Å². The topological polar surface area (TPSA) is 206 Å². The maximum absolute atomic E-state index is 13.5. The minimum absolute atomic E-state index is 0.0416. The molecule has 0 radical (unpaired) electrons. The van der Waals surface area contributed by atoms with Crippen LogP contribution in [0.25, 0.3) is 0 Å². The van der Waals surface area contributed by atoms with Crippen molar-refractivity contribution < 1.29 is 24.3 Å². The van der Waals surface area contributed by atoms with Gasteiger partial charge >= 0.3 is 5.97 Å². The van der Waals surface area contributed by atoms with Crippen molar-refractivity contribution in [2.75, 3.05) is 25.1 Å². The van der Waals surface area contributed by atoms with Gasteiger partial charge in [-0.15, -0.1) is 0 Å². The van der Waals surface area contributed by atoms with Gasteiger partial charge in [0.2, 0.25) is 17.7 Å². The highest BCUT2D eigenvalue weighted by molar-refractivity contribution is 7.98. The molecule has 1 aliphatic heterocycles. The third-order valence-electron chi connectivity index (χ3n) is 6.27. The Morgan fingerprint density at radius 3 is 2.42 bits per heavy atom. The highest BCUT2D eigenvalue weighted by Crippen LogP contribution is 2.20. The number of amides is 3. The van der Waals surface area contributed by atoms with E-state index in [1.54, 1.807) is 0 Å². The monoisotopic (exact) mass is 549 g/mol. The van der Waals surface area contributed by atoms with Crippen molar-refractivity contribution in [2.45, 2.75) is 62.7 Å². The Labute approximate surface area is 227 Å². The Balaban J connectivity index is 2.15. The lowest BCUT2D eigenvalue weighted by Crippen LogP contribution is -2.57. The molecule has 0 aromatic heterocycles. The largest absolute Gasteiger partial charge is 0.480 e. The molecule has 1 fully saturated rings. The fraction of sp³-hybridized carbons (Fsp3) is 0.560. The van der Waals surface area contributed by atoms with Gasteiger partial charge in [-0.3, -0.25) is 19.4 Å². The molecule has 9 N–H and O–H groups in total. The number of benzene rings is 1. The Kier molecular flexibility index (Phi) is 12.9. The quantitative estimate of drug-likeness (QED) is 0.0937. The minimum atomic E-state index is -1.07. The SMILES string of the molecule is CSCCC(NC(=O)C(N)CCCN=C(N)N)C(=O)NC(Cc1ccccc1)C(=O)N1CCCC1C(=O)O. The number of aliphatic carboxylic acids is 1. The zero-order valence-corrected chi connectivity index (χ0v) is 22.5. The second-order valence-corrected chi connectivity index (χ2v) is 10.2. The van der Waals surface area contributed by atoms with E-state index >= 15 is 0 Å². The number of likely N-dealkylation sites (tertiary alicyclic amines) is 1. The molecule has 1 aromatic rings. The van der Waals surface area contributed by atoms with Crippen LogP contribution in [-0.4, -0.2) is 88.9 Å². The van der Waals surface area contributed by atoms with Gasteiger partial charge in [-0.25, -0.2) is 4.79 Å². The van der Waals surface area contributed by atoms with Crippen molar-refractivity contribution in [3.8, 4) is 0 Å². The van der Waals surface area contributed by atoms with Crippen LogP contribution in [0.4, 0.5) is 0 Å². The first-order valence-corrected chi connectivity index (χ1v) is 14.0. The number of nitrogens with two attached hydrogens (primary N) is 3. The average molecular weight is 550 g/mol. The van der Waals surface area contributed by atoms with Crippen molar-refractivity contribution in [1.29, 1.82) is 0 Å². The second-order valence-electron chi connectivity index (χ2n) is 9.18. The van der Waals surface area contributed by atoms with Gasteiger partial charge in [-0.1, -0.05) is 30.3 Å². The molecule has 38 heavy (non-hydrogen) atoms. The molecule has 0 saturated carbocycles. The fourth-order valence-corrected chi connectivity index (χ4v) is 4.71. The summed E-state index contributed by atoms with van der Waals surface area (Å²) in [6.07, 6.45) is 4.13. The zero-order chi connectivity index (χ0) is 28.1. The predicted molar refractivity (Wildman–Crippen MR) is 147 cm³/mol. The van der Waals surface area contributed by atoms with E-state index in [1.165, 1.54) is 16.7 Å². The van der Waals surface area contributed by atoms with Crippen LogP contribution >= 0.6 is 11.8 Å². The van der Waals surface area contributed by atoms with Crippen LogP contribution in [0.1, 0.15) is 37.7 Å². The number of aliphatic imine (C=N–C) groups is 1. The zero-order valence-electron chi connectivity index (χ0n) is 21.7. The molecule has 4 atom stereocenters. The molecule has 2 rings (SSSR count). The number of carbonyl (C=O) groups excluding carboxylic acids is 3. The first-order valence-electron chi connectivity index (χ1n) is 12.6. The van der Waals surface area contributed by atoms with E-state index in [9.17, 15) is 24.3 Å². The number of carboxylic acid groups (broad SMARTS) is 1. The number of thioether (sulfide) groups is 1. The van der Waals surface area contributed by atoms with Crippen molar-refractivity contribution >= 4 is 41.4 Å². The molecule has 13 heteroatoms. The summed E-state index contributed by atoms with van der Waals surface area (Å²) >= 11 is 1.51. The van der Waals surface area contributed by atoms with Crippen LogP contribution in [-0.2, 0) is 25.6 Å². The Morgan fingerprint density at radius 1 is 1.11 bits per heavy atom. The molecule has 1 heterocycles. The summed E-state index contributed by atoms with van der Waals surface area (Å²) in [5.74, 6) is -2.01. The lowest BCUT2D eigenvalue weighted by Gasteiger charge is -2.29. The van der Waals surface area contributed by atoms with Gasteiger partial charge in [-0.05, 0) is 49.7 Å². The number of rotatable bonds is 15. The predicted octanol–water partition coefficient (Wildman–Crippen LogP) is -0.592. The third-order valence-corrected chi connectivity index (χ3v) is 6.91. The molecule has 1 aromatic carbocycles. The number of nitrogens with one attached hydrogen (secondary N) is 2. The normalized spacial score (nSPS) is 17.2.